The molecule has 2 heterocycles. The van der Waals surface area contributed by atoms with Gasteiger partial charge in [0.2, 0.25) is 0 Å². The fourth-order valence-corrected chi connectivity index (χ4v) is 5.31. The lowest BCUT2D eigenvalue weighted by Crippen LogP contribution is -2.35. The molecule has 1 aliphatic rings. The largest absolute Gasteiger partial charge is 0.489 e. The number of anilines is 1. The summed E-state index contributed by atoms with van der Waals surface area (Å²) in [5, 5.41) is 1.68. The van der Waals surface area contributed by atoms with E-state index in [9.17, 15) is 4.79 Å². The Bertz CT molecular complexity index is 1300. The number of benzene rings is 3. The van der Waals surface area contributed by atoms with Gasteiger partial charge in [-0.15, -0.1) is 0 Å². The molecule has 1 amide bonds. The van der Waals surface area contributed by atoms with Gasteiger partial charge in [-0.3, -0.25) is 0 Å². The van der Waals surface area contributed by atoms with Crippen LogP contribution in [-0.4, -0.2) is 42.2 Å². The van der Waals surface area contributed by atoms with Crippen molar-refractivity contribution in [2.75, 3.05) is 31.1 Å². The minimum Gasteiger partial charge on any atom is -0.489 e. The monoisotopic (exact) mass is 507 g/mol. The van der Waals surface area contributed by atoms with Crippen molar-refractivity contribution in [3.63, 3.8) is 0 Å². The lowest BCUT2D eigenvalue weighted by Gasteiger charge is -2.21. The van der Waals surface area contributed by atoms with Gasteiger partial charge in [0.1, 0.15) is 19.0 Å². The van der Waals surface area contributed by atoms with Crippen LogP contribution in [0.3, 0.4) is 0 Å². The van der Waals surface area contributed by atoms with Crippen LogP contribution in [0.2, 0.25) is 5.02 Å². The van der Waals surface area contributed by atoms with Crippen molar-refractivity contribution in [3.8, 4) is 5.75 Å². The van der Waals surface area contributed by atoms with Crippen LogP contribution in [0.25, 0.3) is 10.2 Å². The van der Waals surface area contributed by atoms with Gasteiger partial charge in [0.25, 0.3) is 0 Å². The number of ether oxygens (including phenoxy) is 2. The minimum atomic E-state index is -0.293. The molecule has 0 bridgehead atoms. The summed E-state index contributed by atoms with van der Waals surface area (Å²) in [6.45, 7) is 3.52. The number of carbonyl (C=O) groups is 1. The summed E-state index contributed by atoms with van der Waals surface area (Å²) >= 11 is 7.75. The van der Waals surface area contributed by atoms with E-state index in [1.165, 1.54) is 0 Å². The molecule has 0 N–H and O–H groups in total. The lowest BCUT2D eigenvalue weighted by molar-refractivity contribution is 0.0985. The molecule has 0 radical (unpaired) electrons. The maximum absolute atomic E-state index is 12.8. The molecule has 3 aromatic carbocycles. The molecule has 0 spiro atoms. The molecular weight excluding hydrogens is 482 g/mol. The molecule has 6 nitrogen and oxygen atoms in total. The molecule has 1 aliphatic heterocycles. The second kappa shape index (κ2) is 11.0. The Hall–Kier alpha value is -3.29. The zero-order chi connectivity index (χ0) is 24.0. The standard InChI is InChI=1S/C27H26ClN3O3S/c28-22-10-11-24-25(17-22)35-26(29-24)30-12-5-13-31(15-14-30)27(32)34-19-21-8-4-9-23(16-21)33-18-20-6-2-1-3-7-20/h1-4,6-11,16-17H,5,12-15,18-19H2. The fraction of sp³-hybridized carbons (Fsp3) is 0.259. The number of nitrogens with zero attached hydrogens (tertiary/aromatic N) is 3. The molecule has 0 aliphatic carbocycles. The van der Waals surface area contributed by atoms with Gasteiger partial charge in [0.05, 0.1) is 10.2 Å². The third-order valence-electron chi connectivity index (χ3n) is 5.87. The van der Waals surface area contributed by atoms with Crippen LogP contribution in [0, 0.1) is 0 Å². The average molecular weight is 508 g/mol. The van der Waals surface area contributed by atoms with Gasteiger partial charge in [0.15, 0.2) is 5.13 Å². The molecule has 0 unspecified atom stereocenters. The zero-order valence-electron chi connectivity index (χ0n) is 19.2. The van der Waals surface area contributed by atoms with Crippen LogP contribution in [0.15, 0.2) is 72.8 Å². The first-order valence-corrected chi connectivity index (χ1v) is 12.8. The number of thiazole rings is 1. The molecule has 0 atom stereocenters. The summed E-state index contributed by atoms with van der Waals surface area (Å²) < 4.78 is 12.6. The number of hydrogen-bond acceptors (Lipinski definition) is 6. The number of hydrogen-bond donors (Lipinski definition) is 0. The van der Waals surface area contributed by atoms with Gasteiger partial charge in [-0.25, -0.2) is 9.78 Å². The quantitative estimate of drug-likeness (QED) is 0.303. The van der Waals surface area contributed by atoms with Crippen molar-refractivity contribution >= 4 is 44.4 Å². The highest BCUT2D eigenvalue weighted by Gasteiger charge is 2.22. The zero-order valence-corrected chi connectivity index (χ0v) is 20.8. The molecule has 180 valence electrons. The van der Waals surface area contributed by atoms with E-state index < -0.39 is 0 Å². The Morgan fingerprint density at radius 1 is 0.914 bits per heavy atom. The maximum atomic E-state index is 12.8. The molecule has 5 rings (SSSR count). The Balaban J connectivity index is 1.13. The first-order valence-electron chi connectivity index (χ1n) is 11.6. The predicted molar refractivity (Wildman–Crippen MR) is 140 cm³/mol. The minimum absolute atomic E-state index is 0.209. The van der Waals surface area contributed by atoms with Crippen LogP contribution in [0.1, 0.15) is 17.5 Å². The molecular formula is C27H26ClN3O3S. The highest BCUT2D eigenvalue weighted by Crippen LogP contribution is 2.31. The van der Waals surface area contributed by atoms with E-state index in [4.69, 9.17) is 26.1 Å². The summed E-state index contributed by atoms with van der Waals surface area (Å²) in [4.78, 5) is 21.5. The maximum Gasteiger partial charge on any atom is 0.410 e. The Morgan fingerprint density at radius 3 is 2.66 bits per heavy atom. The van der Waals surface area contributed by atoms with Crippen LogP contribution >= 0.6 is 22.9 Å². The molecule has 4 aromatic rings. The van der Waals surface area contributed by atoms with Gasteiger partial charge in [-0.1, -0.05) is 65.4 Å². The van der Waals surface area contributed by atoms with Gasteiger partial charge in [-0.2, -0.15) is 0 Å². The first-order chi connectivity index (χ1) is 17.1. The Labute approximate surface area is 213 Å². The SMILES string of the molecule is O=C(OCc1cccc(OCc2ccccc2)c1)N1CCCN(c2nc3ccc(Cl)cc3s2)CC1. The van der Waals surface area contributed by atoms with E-state index in [0.29, 0.717) is 31.3 Å². The molecule has 1 saturated heterocycles. The second-order valence-corrected chi connectivity index (χ2v) is 9.86. The van der Waals surface area contributed by atoms with Gasteiger partial charge >= 0.3 is 6.09 Å². The van der Waals surface area contributed by atoms with Crippen molar-refractivity contribution in [3.05, 3.63) is 88.9 Å². The van der Waals surface area contributed by atoms with Crippen molar-refractivity contribution in [1.29, 1.82) is 0 Å². The highest BCUT2D eigenvalue weighted by atomic mass is 35.5. The number of fused-ring (bicyclic) bond motifs is 1. The third kappa shape index (κ3) is 6.05. The summed E-state index contributed by atoms with van der Waals surface area (Å²) in [6.07, 6.45) is 0.563. The number of carbonyl (C=O) groups excluding carboxylic acids is 1. The van der Waals surface area contributed by atoms with E-state index in [1.807, 2.05) is 72.8 Å². The lowest BCUT2D eigenvalue weighted by atomic mass is 10.2. The van der Waals surface area contributed by atoms with Crippen LogP contribution < -0.4 is 9.64 Å². The molecule has 1 fully saturated rings. The van der Waals surface area contributed by atoms with Crippen LogP contribution in [0.5, 0.6) is 5.75 Å². The van der Waals surface area contributed by atoms with Gasteiger partial charge in [-0.05, 0) is 47.9 Å². The first kappa shape index (κ1) is 23.5. The van der Waals surface area contributed by atoms with E-state index in [-0.39, 0.29) is 12.7 Å². The highest BCUT2D eigenvalue weighted by molar-refractivity contribution is 7.22. The Morgan fingerprint density at radius 2 is 1.77 bits per heavy atom. The predicted octanol–water partition coefficient (Wildman–Crippen LogP) is 6.38. The third-order valence-corrected chi connectivity index (χ3v) is 7.19. The van der Waals surface area contributed by atoms with Crippen molar-refractivity contribution in [2.24, 2.45) is 0 Å². The average Bonchev–Trinajstić information content (AvgIpc) is 3.14. The Kier molecular flexibility index (Phi) is 7.35. The summed E-state index contributed by atoms with van der Waals surface area (Å²) in [5.41, 5.74) is 2.95. The van der Waals surface area contributed by atoms with Crippen LogP contribution in [-0.2, 0) is 18.0 Å². The molecule has 35 heavy (non-hydrogen) atoms. The van der Waals surface area contributed by atoms with E-state index in [1.54, 1.807) is 16.2 Å². The fourth-order valence-electron chi connectivity index (χ4n) is 4.02. The smallest absolute Gasteiger partial charge is 0.410 e. The number of aromatic nitrogens is 1. The van der Waals surface area contributed by atoms with Gasteiger partial charge < -0.3 is 19.3 Å². The molecule has 8 heteroatoms. The number of halogens is 1. The van der Waals surface area contributed by atoms with Crippen molar-refractivity contribution < 1.29 is 14.3 Å². The summed E-state index contributed by atoms with van der Waals surface area (Å²) in [5.74, 6) is 0.755. The summed E-state index contributed by atoms with van der Waals surface area (Å²) in [7, 11) is 0. The number of amides is 1. The van der Waals surface area contributed by atoms with E-state index >= 15 is 0 Å². The van der Waals surface area contributed by atoms with Crippen LogP contribution in [0.4, 0.5) is 9.93 Å². The molecule has 1 aromatic heterocycles. The van der Waals surface area contributed by atoms with E-state index in [0.717, 1.165) is 45.2 Å². The summed E-state index contributed by atoms with van der Waals surface area (Å²) in [6, 6.07) is 23.5. The van der Waals surface area contributed by atoms with Crippen molar-refractivity contribution in [1.82, 2.24) is 9.88 Å². The topological polar surface area (TPSA) is 54.9 Å². The number of rotatable bonds is 6. The molecule has 0 saturated carbocycles. The normalized spacial score (nSPS) is 14.1. The van der Waals surface area contributed by atoms with Gasteiger partial charge in [0, 0.05) is 31.2 Å². The second-order valence-electron chi connectivity index (χ2n) is 8.41. The van der Waals surface area contributed by atoms with Crippen molar-refractivity contribution in [2.45, 2.75) is 19.6 Å². The van der Waals surface area contributed by atoms with E-state index in [2.05, 4.69) is 4.90 Å².